The highest BCUT2D eigenvalue weighted by molar-refractivity contribution is 5.81. The lowest BCUT2D eigenvalue weighted by atomic mass is 10.0. The first-order valence-electron chi connectivity index (χ1n) is 6.54. The van der Waals surface area contributed by atoms with Crippen molar-refractivity contribution in [3.63, 3.8) is 0 Å². The van der Waals surface area contributed by atoms with Gasteiger partial charge < -0.3 is 9.84 Å². The second-order valence-corrected chi connectivity index (χ2v) is 6.24. The molecule has 5 nitrogen and oxygen atoms in total. The molecule has 18 heavy (non-hydrogen) atoms. The van der Waals surface area contributed by atoms with Crippen LogP contribution in [0.4, 0.5) is 4.79 Å². The number of carboxylic acids is 1. The maximum absolute atomic E-state index is 12.2. The third-order valence-corrected chi connectivity index (χ3v) is 3.73. The molecule has 102 valence electrons. The van der Waals surface area contributed by atoms with Crippen molar-refractivity contribution in [2.75, 3.05) is 0 Å². The van der Waals surface area contributed by atoms with Crippen molar-refractivity contribution in [1.29, 1.82) is 0 Å². The predicted octanol–water partition coefficient (Wildman–Crippen LogP) is 2.25. The zero-order valence-corrected chi connectivity index (χ0v) is 11.2. The lowest BCUT2D eigenvalue weighted by Crippen LogP contribution is -2.47. The number of hydrogen-bond acceptors (Lipinski definition) is 3. The molecule has 0 aromatic rings. The molecule has 1 saturated heterocycles. The second kappa shape index (κ2) is 4.44. The van der Waals surface area contributed by atoms with Crippen LogP contribution in [0.25, 0.3) is 0 Å². The molecule has 1 aliphatic heterocycles. The van der Waals surface area contributed by atoms with Gasteiger partial charge >= 0.3 is 12.1 Å². The fourth-order valence-electron chi connectivity index (χ4n) is 3.09. The molecule has 1 aliphatic carbocycles. The van der Waals surface area contributed by atoms with Crippen molar-refractivity contribution in [1.82, 2.24) is 4.90 Å². The van der Waals surface area contributed by atoms with E-state index in [4.69, 9.17) is 4.74 Å². The lowest BCUT2D eigenvalue weighted by Gasteiger charge is -2.30. The van der Waals surface area contributed by atoms with Gasteiger partial charge in [-0.05, 0) is 46.0 Å². The minimum absolute atomic E-state index is 0.0564. The van der Waals surface area contributed by atoms with E-state index in [2.05, 4.69) is 0 Å². The molecule has 1 N–H and O–H groups in total. The van der Waals surface area contributed by atoms with Crippen LogP contribution < -0.4 is 0 Å². The average molecular weight is 255 g/mol. The minimum Gasteiger partial charge on any atom is -0.480 e. The van der Waals surface area contributed by atoms with E-state index in [1.165, 1.54) is 4.90 Å². The third-order valence-electron chi connectivity index (χ3n) is 3.73. The van der Waals surface area contributed by atoms with Crippen LogP contribution in [0.5, 0.6) is 0 Å². The van der Waals surface area contributed by atoms with E-state index in [-0.39, 0.29) is 6.04 Å². The smallest absolute Gasteiger partial charge is 0.411 e. The van der Waals surface area contributed by atoms with Gasteiger partial charge in [0.25, 0.3) is 0 Å². The number of amides is 1. The Bertz CT molecular complexity index is 360. The Balaban J connectivity index is 2.16. The van der Waals surface area contributed by atoms with E-state index >= 15 is 0 Å². The van der Waals surface area contributed by atoms with Gasteiger partial charge in [-0.2, -0.15) is 0 Å². The number of hydrogen-bond donors (Lipinski definition) is 1. The summed E-state index contributed by atoms with van der Waals surface area (Å²) in [7, 11) is 0. The normalized spacial score (nSPS) is 31.3. The monoisotopic (exact) mass is 255 g/mol. The molecule has 2 fully saturated rings. The molecule has 2 rings (SSSR count). The van der Waals surface area contributed by atoms with Crippen LogP contribution in [0.2, 0.25) is 0 Å². The molecule has 1 heterocycles. The average Bonchev–Trinajstić information content (AvgIpc) is 2.70. The summed E-state index contributed by atoms with van der Waals surface area (Å²) in [6.45, 7) is 5.38. The number of aliphatic carboxylic acids is 1. The maximum Gasteiger partial charge on any atom is 0.411 e. The Kier molecular flexibility index (Phi) is 3.25. The molecule has 3 atom stereocenters. The highest BCUT2D eigenvalue weighted by Gasteiger charge is 2.50. The van der Waals surface area contributed by atoms with Gasteiger partial charge in [-0.15, -0.1) is 0 Å². The summed E-state index contributed by atoms with van der Waals surface area (Å²) in [5.74, 6) is -0.589. The molecule has 0 radical (unpaired) electrons. The van der Waals surface area contributed by atoms with Crippen molar-refractivity contribution in [3.8, 4) is 0 Å². The van der Waals surface area contributed by atoms with E-state index < -0.39 is 23.7 Å². The quantitative estimate of drug-likeness (QED) is 0.780. The Morgan fingerprint density at radius 3 is 2.50 bits per heavy atom. The van der Waals surface area contributed by atoms with Gasteiger partial charge in [-0.25, -0.2) is 9.59 Å². The van der Waals surface area contributed by atoms with Gasteiger partial charge in [0.1, 0.15) is 11.6 Å². The molecule has 2 aliphatic rings. The predicted molar refractivity (Wildman–Crippen MR) is 65.2 cm³/mol. The van der Waals surface area contributed by atoms with Crippen LogP contribution in [0.3, 0.4) is 0 Å². The number of rotatable bonds is 1. The molecule has 0 aromatic carbocycles. The van der Waals surface area contributed by atoms with Gasteiger partial charge in [0, 0.05) is 6.04 Å². The van der Waals surface area contributed by atoms with E-state index in [1.54, 1.807) is 20.8 Å². The SMILES string of the molecule is CC(C)(C)OC(=O)N1C(C(=O)O)C[C@@H]2CCC[C@@H]21. The van der Waals surface area contributed by atoms with Crippen molar-refractivity contribution in [2.45, 2.75) is 64.1 Å². The zero-order valence-electron chi connectivity index (χ0n) is 11.2. The van der Waals surface area contributed by atoms with Gasteiger partial charge in [0.2, 0.25) is 0 Å². The van der Waals surface area contributed by atoms with E-state index in [0.29, 0.717) is 12.3 Å². The number of carbonyl (C=O) groups is 2. The molecule has 1 saturated carbocycles. The standard InChI is InChI=1S/C13H21NO4/c1-13(2,3)18-12(17)14-9-6-4-5-8(9)7-10(14)11(15)16/h8-10H,4-7H2,1-3H3,(H,15,16)/t8-,9-,10?/m0/s1. The molecular weight excluding hydrogens is 234 g/mol. The van der Waals surface area contributed by atoms with Crippen LogP contribution in [0.15, 0.2) is 0 Å². The van der Waals surface area contributed by atoms with Crippen molar-refractivity contribution >= 4 is 12.1 Å². The van der Waals surface area contributed by atoms with Gasteiger partial charge in [0.15, 0.2) is 0 Å². The summed E-state index contributed by atoms with van der Waals surface area (Å²) in [5.41, 5.74) is -0.586. The summed E-state index contributed by atoms with van der Waals surface area (Å²) >= 11 is 0. The molecule has 1 amide bonds. The summed E-state index contributed by atoms with van der Waals surface area (Å²) < 4.78 is 5.33. The summed E-state index contributed by atoms with van der Waals surface area (Å²) in [6.07, 6.45) is 3.08. The van der Waals surface area contributed by atoms with Gasteiger partial charge in [-0.3, -0.25) is 4.90 Å². The molecule has 1 unspecified atom stereocenters. The lowest BCUT2D eigenvalue weighted by molar-refractivity contribution is -0.142. The van der Waals surface area contributed by atoms with Crippen LogP contribution >= 0.6 is 0 Å². The topological polar surface area (TPSA) is 66.8 Å². The van der Waals surface area contributed by atoms with Crippen LogP contribution in [-0.2, 0) is 9.53 Å². The first kappa shape index (κ1) is 13.2. The highest BCUT2D eigenvalue weighted by Crippen LogP contribution is 2.41. The first-order valence-corrected chi connectivity index (χ1v) is 6.54. The van der Waals surface area contributed by atoms with Crippen molar-refractivity contribution in [2.24, 2.45) is 5.92 Å². The number of nitrogens with zero attached hydrogens (tertiary/aromatic N) is 1. The number of carboxylic acid groups (broad SMARTS) is 1. The first-order chi connectivity index (χ1) is 8.29. The molecule has 0 spiro atoms. The maximum atomic E-state index is 12.2. The third kappa shape index (κ3) is 2.44. The zero-order chi connectivity index (χ0) is 13.5. The van der Waals surface area contributed by atoms with Crippen LogP contribution in [-0.4, -0.2) is 39.8 Å². The Labute approximate surface area is 107 Å². The largest absolute Gasteiger partial charge is 0.480 e. The summed E-state index contributed by atoms with van der Waals surface area (Å²) in [5, 5.41) is 9.24. The van der Waals surface area contributed by atoms with Crippen molar-refractivity contribution < 1.29 is 19.4 Å². The van der Waals surface area contributed by atoms with E-state index in [0.717, 1.165) is 19.3 Å². The molecule has 0 bridgehead atoms. The van der Waals surface area contributed by atoms with E-state index in [1.807, 2.05) is 0 Å². The fraction of sp³-hybridized carbons (Fsp3) is 0.846. The molecule has 0 aromatic heterocycles. The highest BCUT2D eigenvalue weighted by atomic mass is 16.6. The Morgan fingerprint density at radius 1 is 1.28 bits per heavy atom. The van der Waals surface area contributed by atoms with Crippen LogP contribution in [0.1, 0.15) is 46.5 Å². The summed E-state index contributed by atoms with van der Waals surface area (Å²) in [6, 6.07) is -0.656. The van der Waals surface area contributed by atoms with E-state index in [9.17, 15) is 14.7 Å². The van der Waals surface area contributed by atoms with Crippen LogP contribution in [0, 0.1) is 5.92 Å². The second-order valence-electron chi connectivity index (χ2n) is 6.24. The Morgan fingerprint density at radius 2 is 1.94 bits per heavy atom. The fourth-order valence-corrected chi connectivity index (χ4v) is 3.09. The summed E-state index contributed by atoms with van der Waals surface area (Å²) in [4.78, 5) is 24.9. The Hall–Kier alpha value is -1.26. The van der Waals surface area contributed by atoms with Crippen molar-refractivity contribution in [3.05, 3.63) is 0 Å². The number of fused-ring (bicyclic) bond motifs is 1. The molecular formula is C13H21NO4. The van der Waals surface area contributed by atoms with Gasteiger partial charge in [-0.1, -0.05) is 6.42 Å². The number of ether oxygens (including phenoxy) is 1. The number of likely N-dealkylation sites (tertiary alicyclic amines) is 1. The number of carbonyl (C=O) groups excluding carboxylic acids is 1. The van der Waals surface area contributed by atoms with Gasteiger partial charge in [0.05, 0.1) is 0 Å². The minimum atomic E-state index is -0.921. The molecule has 5 heteroatoms.